The fourth-order valence-corrected chi connectivity index (χ4v) is 9.10. The van der Waals surface area contributed by atoms with Gasteiger partial charge >= 0.3 is 0 Å². The first-order valence-electron chi connectivity index (χ1n) is 19.6. The van der Waals surface area contributed by atoms with Crippen LogP contribution in [-0.2, 0) is 5.41 Å². The van der Waals surface area contributed by atoms with Crippen molar-refractivity contribution in [1.29, 1.82) is 0 Å². The summed E-state index contributed by atoms with van der Waals surface area (Å²) in [5.74, 6) is 0. The first kappa shape index (κ1) is 33.1. The Morgan fingerprint density at radius 3 is 1.93 bits per heavy atom. The molecule has 0 aliphatic heterocycles. The Morgan fingerprint density at radius 1 is 0.456 bits per heavy atom. The second kappa shape index (κ2) is 12.9. The van der Waals surface area contributed by atoms with E-state index in [-0.39, 0.29) is 5.41 Å². The number of benzene rings is 8. The quantitative estimate of drug-likeness (QED) is 0.171. The number of aromatic nitrogens is 1. The van der Waals surface area contributed by atoms with Gasteiger partial charge in [0.25, 0.3) is 0 Å². The molecule has 0 amide bonds. The van der Waals surface area contributed by atoms with E-state index in [2.05, 4.69) is 189 Å². The molecule has 57 heavy (non-hydrogen) atoms. The minimum atomic E-state index is -0.0931. The van der Waals surface area contributed by atoms with Crippen LogP contribution < -0.4 is 4.90 Å². The second-order valence-corrected chi connectivity index (χ2v) is 15.5. The van der Waals surface area contributed by atoms with Gasteiger partial charge in [-0.05, 0) is 98.8 Å². The molecule has 0 bridgehead atoms. The van der Waals surface area contributed by atoms with Gasteiger partial charge in [-0.2, -0.15) is 0 Å². The normalized spacial score (nSPS) is 12.9. The number of furan rings is 1. The molecule has 0 atom stereocenters. The first-order chi connectivity index (χ1) is 28.0. The van der Waals surface area contributed by atoms with E-state index in [1.165, 1.54) is 33.0 Å². The minimum absolute atomic E-state index is 0.0931. The monoisotopic (exact) mass is 730 g/mol. The number of hydrogen-bond donors (Lipinski definition) is 0. The van der Waals surface area contributed by atoms with E-state index in [1.54, 1.807) is 0 Å². The summed E-state index contributed by atoms with van der Waals surface area (Å²) in [5.41, 5.74) is 16.8. The second-order valence-electron chi connectivity index (χ2n) is 15.5. The van der Waals surface area contributed by atoms with E-state index >= 15 is 0 Å². The van der Waals surface area contributed by atoms with Gasteiger partial charge in [0.1, 0.15) is 11.2 Å². The summed E-state index contributed by atoms with van der Waals surface area (Å²) in [6, 6.07) is 67.3. The van der Waals surface area contributed by atoms with E-state index in [4.69, 9.17) is 9.40 Å². The van der Waals surface area contributed by atoms with Crippen molar-refractivity contribution < 1.29 is 4.42 Å². The summed E-state index contributed by atoms with van der Waals surface area (Å²) in [6.07, 6.45) is 1.99. The van der Waals surface area contributed by atoms with Crippen LogP contribution in [0, 0.1) is 0 Å². The third kappa shape index (κ3) is 5.31. The lowest BCUT2D eigenvalue weighted by atomic mass is 9.82. The molecule has 0 spiro atoms. The Bertz CT molecular complexity index is 3120. The van der Waals surface area contributed by atoms with Crippen LogP contribution in [0.25, 0.3) is 77.3 Å². The van der Waals surface area contributed by atoms with Gasteiger partial charge in [-0.1, -0.05) is 147 Å². The molecule has 0 saturated heterocycles. The summed E-state index contributed by atoms with van der Waals surface area (Å²) < 4.78 is 6.88. The van der Waals surface area contributed by atoms with Crippen LogP contribution in [0.1, 0.15) is 25.0 Å². The highest BCUT2D eigenvalue weighted by Gasteiger charge is 2.35. The number of hydrogen-bond acceptors (Lipinski definition) is 3. The van der Waals surface area contributed by atoms with Crippen molar-refractivity contribution in [3.8, 4) is 44.6 Å². The maximum Gasteiger partial charge on any atom is 0.143 e. The third-order valence-electron chi connectivity index (χ3n) is 11.9. The standard InChI is InChI=1S/C54H38N2O/c1-54(2)47-22-12-11-20-44(47)45-30-29-41(33-48(45)54)56(39-17-7-4-8-18-39)40-27-24-35(25-28-40)46-32-37-16-9-10-19-42(37)52-51-43(21-13-23-50(51)57-53(46)52)38-26-31-49(55-34-38)36-14-5-3-6-15-36/h3-34H,1-2H3. The molecule has 10 aromatic rings. The highest BCUT2D eigenvalue weighted by atomic mass is 16.3. The summed E-state index contributed by atoms with van der Waals surface area (Å²) in [6.45, 7) is 4.68. The molecule has 0 radical (unpaired) electrons. The van der Waals surface area contributed by atoms with E-state index < -0.39 is 0 Å². The van der Waals surface area contributed by atoms with Gasteiger partial charge in [0.15, 0.2) is 0 Å². The van der Waals surface area contributed by atoms with Crippen LogP contribution in [0.4, 0.5) is 17.1 Å². The lowest BCUT2D eigenvalue weighted by Gasteiger charge is -2.28. The molecule has 1 aliphatic rings. The summed E-state index contributed by atoms with van der Waals surface area (Å²) in [7, 11) is 0. The van der Waals surface area contributed by atoms with Crippen molar-refractivity contribution in [2.75, 3.05) is 4.90 Å². The summed E-state index contributed by atoms with van der Waals surface area (Å²) >= 11 is 0. The zero-order valence-electron chi connectivity index (χ0n) is 31.8. The van der Waals surface area contributed by atoms with Gasteiger partial charge in [-0.3, -0.25) is 4.98 Å². The Morgan fingerprint density at radius 2 is 1.12 bits per heavy atom. The number of pyridine rings is 1. The van der Waals surface area contributed by atoms with Gasteiger partial charge in [0.05, 0.1) is 5.69 Å². The largest absolute Gasteiger partial charge is 0.455 e. The molecule has 0 saturated carbocycles. The van der Waals surface area contributed by atoms with E-state index in [1.807, 2.05) is 24.4 Å². The maximum atomic E-state index is 6.88. The zero-order chi connectivity index (χ0) is 38.1. The van der Waals surface area contributed by atoms with Gasteiger partial charge in [-0.25, -0.2) is 0 Å². The van der Waals surface area contributed by atoms with E-state index in [0.29, 0.717) is 0 Å². The Labute approximate surface area is 332 Å². The average molecular weight is 731 g/mol. The van der Waals surface area contributed by atoms with Crippen molar-refractivity contribution in [2.24, 2.45) is 0 Å². The van der Waals surface area contributed by atoms with Crippen molar-refractivity contribution in [3.63, 3.8) is 0 Å². The van der Waals surface area contributed by atoms with Crippen LogP contribution in [0.3, 0.4) is 0 Å². The van der Waals surface area contributed by atoms with Gasteiger partial charge in [0, 0.05) is 56.1 Å². The van der Waals surface area contributed by atoms with Crippen LogP contribution in [-0.4, -0.2) is 4.98 Å². The Kier molecular flexibility index (Phi) is 7.52. The number of anilines is 3. The Balaban J connectivity index is 1.04. The average Bonchev–Trinajstić information content (AvgIpc) is 3.77. The predicted molar refractivity (Wildman–Crippen MR) is 238 cm³/mol. The van der Waals surface area contributed by atoms with Crippen LogP contribution in [0.15, 0.2) is 199 Å². The lowest BCUT2D eigenvalue weighted by molar-refractivity contribution is 0.660. The van der Waals surface area contributed by atoms with Crippen molar-refractivity contribution in [2.45, 2.75) is 19.3 Å². The van der Waals surface area contributed by atoms with Crippen molar-refractivity contribution in [3.05, 3.63) is 205 Å². The highest BCUT2D eigenvalue weighted by molar-refractivity contribution is 6.25. The molecular formula is C54H38N2O. The predicted octanol–water partition coefficient (Wildman–Crippen LogP) is 14.9. The van der Waals surface area contributed by atoms with E-state index in [9.17, 15) is 0 Å². The maximum absolute atomic E-state index is 6.88. The lowest BCUT2D eigenvalue weighted by Crippen LogP contribution is -2.16. The molecule has 2 heterocycles. The fourth-order valence-electron chi connectivity index (χ4n) is 9.10. The number of para-hydroxylation sites is 1. The fraction of sp³-hybridized carbons (Fsp3) is 0.0556. The molecular weight excluding hydrogens is 693 g/mol. The van der Waals surface area contributed by atoms with Crippen LogP contribution >= 0.6 is 0 Å². The molecule has 11 rings (SSSR count). The van der Waals surface area contributed by atoms with Gasteiger partial charge in [-0.15, -0.1) is 0 Å². The first-order valence-corrected chi connectivity index (χ1v) is 19.6. The highest BCUT2D eigenvalue weighted by Crippen LogP contribution is 2.51. The van der Waals surface area contributed by atoms with E-state index in [0.717, 1.165) is 72.5 Å². The van der Waals surface area contributed by atoms with Crippen LogP contribution in [0.2, 0.25) is 0 Å². The molecule has 0 unspecified atom stereocenters. The molecule has 8 aromatic carbocycles. The van der Waals surface area contributed by atoms with Gasteiger partial charge < -0.3 is 9.32 Å². The molecule has 270 valence electrons. The van der Waals surface area contributed by atoms with Crippen LogP contribution in [0.5, 0.6) is 0 Å². The molecule has 1 aliphatic carbocycles. The molecule has 3 heteroatoms. The molecule has 3 nitrogen and oxygen atoms in total. The number of nitrogens with zero attached hydrogens (tertiary/aromatic N) is 2. The van der Waals surface area contributed by atoms with Gasteiger partial charge in [0.2, 0.25) is 0 Å². The van der Waals surface area contributed by atoms with Crippen molar-refractivity contribution in [1.82, 2.24) is 4.98 Å². The number of fused-ring (bicyclic) bond motifs is 8. The van der Waals surface area contributed by atoms with Crippen molar-refractivity contribution >= 4 is 49.8 Å². The minimum Gasteiger partial charge on any atom is -0.455 e. The summed E-state index contributed by atoms with van der Waals surface area (Å²) in [5, 5.41) is 4.57. The molecule has 0 N–H and O–H groups in total. The Hall–Kier alpha value is -7.23. The summed E-state index contributed by atoms with van der Waals surface area (Å²) in [4.78, 5) is 7.25. The third-order valence-corrected chi connectivity index (χ3v) is 11.9. The smallest absolute Gasteiger partial charge is 0.143 e. The number of rotatable bonds is 6. The SMILES string of the molecule is CC1(C)c2ccccc2-c2ccc(N(c3ccccc3)c3ccc(-c4cc5ccccc5c5c4oc4cccc(-c6ccc(-c7ccccc7)nc6)c45)cc3)cc21. The zero-order valence-corrected chi connectivity index (χ0v) is 31.8. The topological polar surface area (TPSA) is 29.3 Å². The molecule has 0 fully saturated rings. The molecule has 2 aromatic heterocycles.